The SMILES string of the molecule is CCC(NCc1ccc(C(=O)NC)cc1)c1ncc[nH]1. The highest BCUT2D eigenvalue weighted by Crippen LogP contribution is 2.13. The highest BCUT2D eigenvalue weighted by atomic mass is 16.1. The predicted octanol–water partition coefficient (Wildman–Crippen LogP) is 2.01. The number of benzene rings is 1. The molecule has 0 bridgehead atoms. The summed E-state index contributed by atoms with van der Waals surface area (Å²) in [6.07, 6.45) is 4.56. The smallest absolute Gasteiger partial charge is 0.251 e. The molecule has 0 spiro atoms. The second-order valence-corrected chi connectivity index (χ2v) is 4.59. The second kappa shape index (κ2) is 6.86. The van der Waals surface area contributed by atoms with E-state index < -0.39 is 0 Å². The molecule has 20 heavy (non-hydrogen) atoms. The Labute approximate surface area is 118 Å². The van der Waals surface area contributed by atoms with Gasteiger partial charge in [-0.2, -0.15) is 0 Å². The van der Waals surface area contributed by atoms with Gasteiger partial charge in [-0.15, -0.1) is 0 Å². The number of rotatable bonds is 6. The molecule has 1 atom stereocenters. The van der Waals surface area contributed by atoms with Crippen molar-refractivity contribution in [2.45, 2.75) is 25.9 Å². The van der Waals surface area contributed by atoms with Crippen LogP contribution in [0.5, 0.6) is 0 Å². The molecule has 0 fully saturated rings. The van der Waals surface area contributed by atoms with Crippen LogP contribution in [0.1, 0.15) is 41.1 Å². The summed E-state index contributed by atoms with van der Waals surface area (Å²) >= 11 is 0. The summed E-state index contributed by atoms with van der Waals surface area (Å²) in [6, 6.07) is 7.82. The number of amides is 1. The zero-order valence-electron chi connectivity index (χ0n) is 11.8. The molecule has 0 saturated carbocycles. The first kappa shape index (κ1) is 14.3. The monoisotopic (exact) mass is 272 g/mol. The van der Waals surface area contributed by atoms with Gasteiger partial charge in [0.2, 0.25) is 0 Å². The summed E-state index contributed by atoms with van der Waals surface area (Å²) in [4.78, 5) is 18.9. The third-order valence-electron chi connectivity index (χ3n) is 3.25. The number of aromatic amines is 1. The van der Waals surface area contributed by atoms with E-state index in [0.717, 1.165) is 24.4 Å². The first-order valence-corrected chi connectivity index (χ1v) is 6.78. The van der Waals surface area contributed by atoms with E-state index in [4.69, 9.17) is 0 Å². The van der Waals surface area contributed by atoms with E-state index in [2.05, 4.69) is 27.5 Å². The van der Waals surface area contributed by atoms with E-state index >= 15 is 0 Å². The number of carbonyl (C=O) groups excluding carboxylic acids is 1. The zero-order chi connectivity index (χ0) is 14.4. The van der Waals surface area contributed by atoms with Crippen LogP contribution in [0.2, 0.25) is 0 Å². The molecule has 1 unspecified atom stereocenters. The van der Waals surface area contributed by atoms with Crippen LogP contribution in [-0.2, 0) is 6.54 Å². The van der Waals surface area contributed by atoms with Gasteiger partial charge in [0.1, 0.15) is 5.82 Å². The van der Waals surface area contributed by atoms with Crippen molar-refractivity contribution in [3.8, 4) is 0 Å². The van der Waals surface area contributed by atoms with Gasteiger partial charge in [-0.05, 0) is 24.1 Å². The van der Waals surface area contributed by atoms with Crippen LogP contribution in [0.3, 0.4) is 0 Å². The van der Waals surface area contributed by atoms with Gasteiger partial charge in [0.25, 0.3) is 5.91 Å². The summed E-state index contributed by atoms with van der Waals surface area (Å²) in [5, 5.41) is 6.07. The Morgan fingerprint density at radius 1 is 1.35 bits per heavy atom. The molecule has 1 heterocycles. The molecule has 2 aromatic rings. The Morgan fingerprint density at radius 3 is 2.65 bits per heavy atom. The maximum Gasteiger partial charge on any atom is 0.251 e. The number of aromatic nitrogens is 2. The predicted molar refractivity (Wildman–Crippen MR) is 78.3 cm³/mol. The van der Waals surface area contributed by atoms with Crippen molar-refractivity contribution in [2.24, 2.45) is 0 Å². The number of hydrogen-bond acceptors (Lipinski definition) is 3. The fourth-order valence-corrected chi connectivity index (χ4v) is 2.06. The van der Waals surface area contributed by atoms with Gasteiger partial charge in [0, 0.05) is 31.5 Å². The van der Waals surface area contributed by atoms with Crippen molar-refractivity contribution >= 4 is 5.91 Å². The molecule has 106 valence electrons. The highest BCUT2D eigenvalue weighted by molar-refractivity contribution is 5.93. The number of nitrogens with one attached hydrogen (secondary N) is 3. The first-order chi connectivity index (χ1) is 9.74. The minimum absolute atomic E-state index is 0.0634. The van der Waals surface area contributed by atoms with Crippen molar-refractivity contribution in [1.82, 2.24) is 20.6 Å². The minimum atomic E-state index is -0.0634. The van der Waals surface area contributed by atoms with Gasteiger partial charge in [-0.1, -0.05) is 19.1 Å². The summed E-state index contributed by atoms with van der Waals surface area (Å²) in [5.74, 6) is 0.890. The van der Waals surface area contributed by atoms with Crippen LogP contribution >= 0.6 is 0 Å². The van der Waals surface area contributed by atoms with Gasteiger partial charge < -0.3 is 15.6 Å². The Balaban J connectivity index is 1.95. The third kappa shape index (κ3) is 3.45. The molecular formula is C15H20N4O. The number of carbonyl (C=O) groups is 1. The average Bonchev–Trinajstić information content (AvgIpc) is 3.02. The molecule has 0 aliphatic carbocycles. The molecule has 0 saturated heterocycles. The normalized spacial score (nSPS) is 12.1. The molecule has 0 radical (unpaired) electrons. The maximum atomic E-state index is 11.5. The van der Waals surface area contributed by atoms with E-state index in [1.807, 2.05) is 30.5 Å². The fourth-order valence-electron chi connectivity index (χ4n) is 2.06. The van der Waals surface area contributed by atoms with E-state index in [9.17, 15) is 4.79 Å². The van der Waals surface area contributed by atoms with Crippen molar-refractivity contribution < 1.29 is 4.79 Å². The van der Waals surface area contributed by atoms with E-state index in [1.165, 1.54) is 0 Å². The average molecular weight is 272 g/mol. The molecular weight excluding hydrogens is 252 g/mol. The number of imidazole rings is 1. The van der Waals surface area contributed by atoms with Gasteiger partial charge >= 0.3 is 0 Å². The van der Waals surface area contributed by atoms with E-state index in [1.54, 1.807) is 13.2 Å². The maximum absolute atomic E-state index is 11.5. The first-order valence-electron chi connectivity index (χ1n) is 6.78. The molecule has 2 rings (SSSR count). The molecule has 3 N–H and O–H groups in total. The molecule has 1 amide bonds. The molecule has 1 aromatic heterocycles. The number of H-pyrrole nitrogens is 1. The van der Waals surface area contributed by atoms with Crippen molar-refractivity contribution in [1.29, 1.82) is 0 Å². The summed E-state index contributed by atoms with van der Waals surface area (Å²) in [7, 11) is 1.63. The number of hydrogen-bond donors (Lipinski definition) is 3. The van der Waals surface area contributed by atoms with Crippen molar-refractivity contribution in [3.63, 3.8) is 0 Å². The lowest BCUT2D eigenvalue weighted by molar-refractivity contribution is 0.0963. The summed E-state index contributed by atoms with van der Waals surface area (Å²) in [6.45, 7) is 2.86. The second-order valence-electron chi connectivity index (χ2n) is 4.59. The third-order valence-corrected chi connectivity index (χ3v) is 3.25. The fraction of sp³-hybridized carbons (Fsp3) is 0.333. The van der Waals surface area contributed by atoms with Crippen LogP contribution in [0, 0.1) is 0 Å². The van der Waals surface area contributed by atoms with Gasteiger partial charge in [0.05, 0.1) is 6.04 Å². The lowest BCUT2D eigenvalue weighted by atomic mass is 10.1. The minimum Gasteiger partial charge on any atom is -0.355 e. The van der Waals surface area contributed by atoms with Gasteiger partial charge in [-0.3, -0.25) is 4.79 Å². The Bertz CT molecular complexity index is 534. The quantitative estimate of drug-likeness (QED) is 0.753. The van der Waals surface area contributed by atoms with E-state index in [-0.39, 0.29) is 11.9 Å². The standard InChI is InChI=1S/C15H20N4O/c1-3-13(14-17-8-9-18-14)19-10-11-4-6-12(7-5-11)15(20)16-2/h4-9,13,19H,3,10H2,1-2H3,(H,16,20)(H,17,18). The Hall–Kier alpha value is -2.14. The molecule has 5 heteroatoms. The Morgan fingerprint density at radius 2 is 2.10 bits per heavy atom. The van der Waals surface area contributed by atoms with Crippen LogP contribution in [0.15, 0.2) is 36.7 Å². The summed E-state index contributed by atoms with van der Waals surface area (Å²) < 4.78 is 0. The lowest BCUT2D eigenvalue weighted by Gasteiger charge is -2.14. The summed E-state index contributed by atoms with van der Waals surface area (Å²) in [5.41, 5.74) is 1.82. The van der Waals surface area contributed by atoms with Crippen molar-refractivity contribution in [3.05, 3.63) is 53.6 Å². The molecule has 1 aromatic carbocycles. The van der Waals surface area contributed by atoms with Crippen molar-refractivity contribution in [2.75, 3.05) is 7.05 Å². The van der Waals surface area contributed by atoms with Gasteiger partial charge in [0.15, 0.2) is 0 Å². The van der Waals surface area contributed by atoms with Gasteiger partial charge in [-0.25, -0.2) is 4.98 Å². The zero-order valence-corrected chi connectivity index (χ0v) is 11.8. The highest BCUT2D eigenvalue weighted by Gasteiger charge is 2.10. The largest absolute Gasteiger partial charge is 0.355 e. The van der Waals surface area contributed by atoms with Crippen LogP contribution in [0.4, 0.5) is 0 Å². The molecule has 5 nitrogen and oxygen atoms in total. The molecule has 0 aliphatic heterocycles. The van der Waals surface area contributed by atoms with E-state index in [0.29, 0.717) is 5.56 Å². The Kier molecular flexibility index (Phi) is 4.90. The van der Waals surface area contributed by atoms with Crippen LogP contribution in [-0.4, -0.2) is 22.9 Å². The lowest BCUT2D eigenvalue weighted by Crippen LogP contribution is -2.21. The molecule has 0 aliphatic rings. The van der Waals surface area contributed by atoms with Crippen LogP contribution < -0.4 is 10.6 Å². The number of nitrogens with zero attached hydrogens (tertiary/aromatic N) is 1. The van der Waals surface area contributed by atoms with Crippen LogP contribution in [0.25, 0.3) is 0 Å². The topological polar surface area (TPSA) is 69.8 Å².